The van der Waals surface area contributed by atoms with Crippen molar-refractivity contribution in [2.45, 2.75) is 6.42 Å². The van der Waals surface area contributed by atoms with E-state index in [2.05, 4.69) is 25.1 Å². The van der Waals surface area contributed by atoms with Crippen molar-refractivity contribution in [2.75, 3.05) is 7.11 Å². The normalized spacial score (nSPS) is 9.18. The molecular weight excluding hydrogens is 148 g/mol. The highest BCUT2D eigenvalue weighted by molar-refractivity contribution is 5.71. The van der Waals surface area contributed by atoms with Crippen LogP contribution in [0.3, 0.4) is 0 Å². The number of hydrogen-bond acceptors (Lipinski definition) is 6. The number of ether oxygens (including phenoxy) is 1. The molecule has 1 aromatic rings. The number of carbonyl (C=O) groups is 1. The lowest BCUT2D eigenvalue weighted by Gasteiger charge is -1.94. The molecule has 0 radical (unpaired) electrons. The maximum atomic E-state index is 10.6. The van der Waals surface area contributed by atoms with Crippen LogP contribution in [0.5, 0.6) is 0 Å². The van der Waals surface area contributed by atoms with Crippen molar-refractivity contribution >= 4 is 5.97 Å². The fourth-order valence-electron chi connectivity index (χ4n) is 0.500. The van der Waals surface area contributed by atoms with Crippen molar-refractivity contribution < 1.29 is 9.53 Å². The van der Waals surface area contributed by atoms with E-state index in [1.54, 1.807) is 0 Å². The second kappa shape index (κ2) is 3.55. The Labute approximate surface area is 62.6 Å². The highest BCUT2D eigenvalue weighted by Gasteiger charge is 2.04. The van der Waals surface area contributed by atoms with Crippen LogP contribution in [-0.4, -0.2) is 33.5 Å². The Morgan fingerprint density at radius 1 is 1.55 bits per heavy atom. The van der Waals surface area contributed by atoms with Crippen LogP contribution in [0.15, 0.2) is 6.33 Å². The second-order valence-electron chi connectivity index (χ2n) is 1.72. The molecule has 0 aliphatic heterocycles. The zero-order chi connectivity index (χ0) is 8.10. The minimum atomic E-state index is -0.403. The van der Waals surface area contributed by atoms with Gasteiger partial charge in [-0.05, 0) is 0 Å². The Balaban J connectivity index is 2.58. The van der Waals surface area contributed by atoms with Crippen LogP contribution in [-0.2, 0) is 16.0 Å². The highest BCUT2D eigenvalue weighted by Crippen LogP contribution is 1.86. The quantitative estimate of drug-likeness (QED) is 0.507. The Kier molecular flexibility index (Phi) is 2.42. The van der Waals surface area contributed by atoms with Crippen LogP contribution in [0, 0.1) is 0 Å². The van der Waals surface area contributed by atoms with E-state index in [0.717, 1.165) is 0 Å². The summed E-state index contributed by atoms with van der Waals surface area (Å²) in [5, 5.41) is 14.0. The van der Waals surface area contributed by atoms with Crippen molar-refractivity contribution in [1.29, 1.82) is 0 Å². The standard InChI is InChI=1S/C5H6N4O2/c1-11-5(10)2-4-8-6-3-7-9-4/h3H,2H2,1H3. The second-order valence-corrected chi connectivity index (χ2v) is 1.72. The molecule has 58 valence electrons. The molecule has 0 saturated carbocycles. The molecule has 0 fully saturated rings. The first-order chi connectivity index (χ1) is 5.33. The van der Waals surface area contributed by atoms with E-state index in [0.29, 0.717) is 0 Å². The first-order valence-corrected chi connectivity index (χ1v) is 2.89. The monoisotopic (exact) mass is 154 g/mol. The minimum absolute atomic E-state index is 0.0112. The minimum Gasteiger partial charge on any atom is -0.469 e. The van der Waals surface area contributed by atoms with Gasteiger partial charge in [-0.2, -0.15) is 0 Å². The molecule has 0 spiro atoms. The maximum Gasteiger partial charge on any atom is 0.313 e. The molecule has 6 nitrogen and oxygen atoms in total. The van der Waals surface area contributed by atoms with Crippen molar-refractivity contribution in [1.82, 2.24) is 20.4 Å². The summed E-state index contributed by atoms with van der Waals surface area (Å²) in [7, 11) is 1.30. The number of rotatable bonds is 2. The highest BCUT2D eigenvalue weighted by atomic mass is 16.5. The lowest BCUT2D eigenvalue weighted by atomic mass is 10.4. The Bertz CT molecular complexity index is 237. The van der Waals surface area contributed by atoms with Crippen LogP contribution in [0.25, 0.3) is 0 Å². The molecule has 0 saturated heterocycles. The SMILES string of the molecule is COC(=O)Cc1nncnn1. The number of aromatic nitrogens is 4. The first-order valence-electron chi connectivity index (χ1n) is 2.89. The van der Waals surface area contributed by atoms with Gasteiger partial charge in [-0.25, -0.2) is 0 Å². The smallest absolute Gasteiger partial charge is 0.313 e. The molecule has 0 amide bonds. The molecule has 0 aliphatic rings. The predicted molar refractivity (Wildman–Crippen MR) is 33.3 cm³/mol. The van der Waals surface area contributed by atoms with E-state index in [-0.39, 0.29) is 12.2 Å². The average Bonchev–Trinajstić information content (AvgIpc) is 2.06. The molecule has 0 bridgehead atoms. The summed E-state index contributed by atoms with van der Waals surface area (Å²) in [5.74, 6) is -0.140. The summed E-state index contributed by atoms with van der Waals surface area (Å²) in [6, 6.07) is 0. The van der Waals surface area contributed by atoms with Crippen LogP contribution >= 0.6 is 0 Å². The fraction of sp³-hybridized carbons (Fsp3) is 0.400. The molecule has 1 aromatic heterocycles. The van der Waals surface area contributed by atoms with Gasteiger partial charge < -0.3 is 4.74 Å². The molecule has 1 heterocycles. The summed E-state index contributed by atoms with van der Waals surface area (Å²) in [5.41, 5.74) is 0. The van der Waals surface area contributed by atoms with Gasteiger partial charge in [-0.1, -0.05) is 0 Å². The van der Waals surface area contributed by atoms with E-state index in [4.69, 9.17) is 0 Å². The molecule has 6 heteroatoms. The Morgan fingerprint density at radius 2 is 2.18 bits per heavy atom. The first kappa shape index (κ1) is 7.52. The van der Waals surface area contributed by atoms with Gasteiger partial charge in [-0.3, -0.25) is 4.79 Å². The third-order valence-electron chi connectivity index (χ3n) is 0.980. The maximum absolute atomic E-state index is 10.6. The molecule has 0 atom stereocenters. The van der Waals surface area contributed by atoms with E-state index in [9.17, 15) is 4.79 Å². The number of methoxy groups -OCH3 is 1. The fourth-order valence-corrected chi connectivity index (χ4v) is 0.500. The molecule has 11 heavy (non-hydrogen) atoms. The van der Waals surface area contributed by atoms with E-state index >= 15 is 0 Å². The van der Waals surface area contributed by atoms with Gasteiger partial charge in [0.15, 0.2) is 12.2 Å². The molecule has 0 aromatic carbocycles. The number of hydrogen-bond donors (Lipinski definition) is 0. The van der Waals surface area contributed by atoms with Crippen molar-refractivity contribution in [3.8, 4) is 0 Å². The molecule has 0 aliphatic carbocycles. The third-order valence-corrected chi connectivity index (χ3v) is 0.980. The van der Waals surface area contributed by atoms with Gasteiger partial charge in [0, 0.05) is 0 Å². The summed E-state index contributed by atoms with van der Waals surface area (Å²) in [6.07, 6.45) is 1.21. The predicted octanol–water partition coefficient (Wildman–Crippen LogP) is -1.02. The third kappa shape index (κ3) is 2.24. The van der Waals surface area contributed by atoms with Crippen LogP contribution in [0.2, 0.25) is 0 Å². The Morgan fingerprint density at radius 3 is 2.73 bits per heavy atom. The Hall–Kier alpha value is -1.59. The number of esters is 1. The zero-order valence-electron chi connectivity index (χ0n) is 5.89. The average molecular weight is 154 g/mol. The largest absolute Gasteiger partial charge is 0.469 e. The van der Waals surface area contributed by atoms with Crippen molar-refractivity contribution in [3.63, 3.8) is 0 Å². The van der Waals surface area contributed by atoms with Gasteiger partial charge in [0.25, 0.3) is 0 Å². The summed E-state index contributed by atoms with van der Waals surface area (Å²) < 4.78 is 4.38. The number of carbonyl (C=O) groups excluding carboxylic acids is 1. The number of nitrogens with zero attached hydrogens (tertiary/aromatic N) is 4. The van der Waals surface area contributed by atoms with Crippen molar-refractivity contribution in [3.05, 3.63) is 12.2 Å². The lowest BCUT2D eigenvalue weighted by molar-refractivity contribution is -0.139. The molecular formula is C5H6N4O2. The molecule has 1 rings (SSSR count). The van der Waals surface area contributed by atoms with E-state index < -0.39 is 5.97 Å². The van der Waals surface area contributed by atoms with Gasteiger partial charge in [0.2, 0.25) is 0 Å². The zero-order valence-corrected chi connectivity index (χ0v) is 5.89. The molecule has 0 N–H and O–H groups in total. The van der Waals surface area contributed by atoms with Gasteiger partial charge in [0.05, 0.1) is 7.11 Å². The van der Waals surface area contributed by atoms with Crippen molar-refractivity contribution in [2.24, 2.45) is 0 Å². The van der Waals surface area contributed by atoms with E-state index in [1.807, 2.05) is 0 Å². The van der Waals surface area contributed by atoms with Crippen LogP contribution in [0.1, 0.15) is 5.82 Å². The van der Waals surface area contributed by atoms with Gasteiger partial charge in [0.1, 0.15) is 6.42 Å². The summed E-state index contributed by atoms with van der Waals surface area (Å²) in [4.78, 5) is 10.6. The van der Waals surface area contributed by atoms with Crippen LogP contribution < -0.4 is 0 Å². The van der Waals surface area contributed by atoms with Gasteiger partial charge in [-0.15, -0.1) is 20.4 Å². The lowest BCUT2D eigenvalue weighted by Crippen LogP contribution is -2.09. The van der Waals surface area contributed by atoms with E-state index in [1.165, 1.54) is 13.4 Å². The topological polar surface area (TPSA) is 77.9 Å². The van der Waals surface area contributed by atoms with Crippen LogP contribution in [0.4, 0.5) is 0 Å². The molecule has 0 unspecified atom stereocenters. The van der Waals surface area contributed by atoms with Gasteiger partial charge >= 0.3 is 5.97 Å². The summed E-state index contributed by atoms with van der Waals surface area (Å²) in [6.45, 7) is 0. The summed E-state index contributed by atoms with van der Waals surface area (Å²) >= 11 is 0.